The number of esters is 1. The Morgan fingerprint density at radius 2 is 2.15 bits per heavy atom. The van der Waals surface area contributed by atoms with Gasteiger partial charge in [0, 0.05) is 6.92 Å². The summed E-state index contributed by atoms with van der Waals surface area (Å²) < 4.78 is 27.5. The number of hydrogen-bond acceptors (Lipinski definition) is 4. The van der Waals surface area contributed by atoms with Crippen LogP contribution in [-0.2, 0) is 19.4 Å². The second-order valence-electron chi connectivity index (χ2n) is 3.29. The molecule has 0 aromatic heterocycles. The van der Waals surface area contributed by atoms with Gasteiger partial charge < -0.3 is 4.74 Å². The number of hydrogen-bond donors (Lipinski definition) is 0. The van der Waals surface area contributed by atoms with E-state index in [9.17, 15) is 13.2 Å². The minimum absolute atomic E-state index is 0.0255. The average Bonchev–Trinajstić information content (AvgIpc) is 2.01. The van der Waals surface area contributed by atoms with Crippen molar-refractivity contribution in [2.75, 3.05) is 12.4 Å². The molecule has 13 heavy (non-hydrogen) atoms. The Bertz CT molecular complexity index is 281. The molecule has 0 bridgehead atoms. The van der Waals surface area contributed by atoms with Crippen LogP contribution >= 0.6 is 0 Å². The van der Waals surface area contributed by atoms with Crippen molar-refractivity contribution in [3.8, 4) is 0 Å². The van der Waals surface area contributed by atoms with Gasteiger partial charge in [0.2, 0.25) is 0 Å². The van der Waals surface area contributed by atoms with Crippen molar-refractivity contribution in [1.29, 1.82) is 0 Å². The summed E-state index contributed by atoms with van der Waals surface area (Å²) in [5, 5.41) is -0.467. The summed E-state index contributed by atoms with van der Waals surface area (Å²) in [4.78, 5) is 10.5. The van der Waals surface area contributed by atoms with Crippen molar-refractivity contribution in [3.05, 3.63) is 0 Å². The maximum atomic E-state index is 11.4. The van der Waals surface area contributed by atoms with E-state index in [0.29, 0.717) is 6.42 Å². The summed E-state index contributed by atoms with van der Waals surface area (Å²) in [5.74, 6) is -0.181. The Balaban J connectivity index is 2.52. The predicted molar refractivity (Wildman–Crippen MR) is 48.1 cm³/mol. The largest absolute Gasteiger partial charge is 0.464 e. The monoisotopic (exact) mass is 206 g/mol. The highest BCUT2D eigenvalue weighted by Crippen LogP contribution is 2.19. The molecule has 1 aliphatic rings. The summed E-state index contributed by atoms with van der Waals surface area (Å²) >= 11 is 0. The number of ether oxygens (including phenoxy) is 1. The molecule has 0 aliphatic carbocycles. The van der Waals surface area contributed by atoms with Crippen molar-refractivity contribution in [2.45, 2.75) is 31.4 Å². The first-order valence-corrected chi connectivity index (χ1v) is 6.09. The van der Waals surface area contributed by atoms with E-state index in [2.05, 4.69) is 0 Å². The van der Waals surface area contributed by atoms with Crippen LogP contribution < -0.4 is 0 Å². The number of carbonyl (C=O) groups is 1. The van der Waals surface area contributed by atoms with Gasteiger partial charge in [0.05, 0.1) is 11.0 Å². The lowest BCUT2D eigenvalue weighted by molar-refractivity contribution is -0.140. The van der Waals surface area contributed by atoms with E-state index in [1.54, 1.807) is 0 Å². The molecule has 0 N–H and O–H groups in total. The highest BCUT2D eigenvalue weighted by atomic mass is 32.2. The van der Waals surface area contributed by atoms with Crippen molar-refractivity contribution < 1.29 is 17.9 Å². The van der Waals surface area contributed by atoms with Crippen molar-refractivity contribution in [1.82, 2.24) is 0 Å². The maximum Gasteiger partial charge on any atom is 0.302 e. The fourth-order valence-electron chi connectivity index (χ4n) is 1.42. The van der Waals surface area contributed by atoms with Gasteiger partial charge in [-0.2, -0.15) is 0 Å². The van der Waals surface area contributed by atoms with Gasteiger partial charge in [0.15, 0.2) is 9.84 Å². The van der Waals surface area contributed by atoms with E-state index in [1.807, 2.05) is 0 Å². The topological polar surface area (TPSA) is 60.4 Å². The molecule has 76 valence electrons. The Hall–Kier alpha value is -0.580. The molecule has 1 atom stereocenters. The standard InChI is InChI=1S/C8H14O4S/c1-7(9)12-6-8-4-2-3-5-13(8,10)11/h8H,2-6H2,1H3. The highest BCUT2D eigenvalue weighted by Gasteiger charge is 2.29. The summed E-state index contributed by atoms with van der Waals surface area (Å²) in [7, 11) is -3.00. The van der Waals surface area contributed by atoms with Gasteiger partial charge >= 0.3 is 5.97 Å². The Kier molecular flexibility index (Phi) is 3.30. The third kappa shape index (κ3) is 2.99. The van der Waals surface area contributed by atoms with Crippen molar-refractivity contribution in [2.24, 2.45) is 0 Å². The summed E-state index contributed by atoms with van der Waals surface area (Å²) in [6, 6.07) is 0. The zero-order chi connectivity index (χ0) is 9.90. The highest BCUT2D eigenvalue weighted by molar-refractivity contribution is 7.92. The van der Waals surface area contributed by atoms with Crippen LogP contribution in [0.5, 0.6) is 0 Å². The molecule has 0 saturated carbocycles. The summed E-state index contributed by atoms with van der Waals surface area (Å²) in [6.07, 6.45) is 2.26. The van der Waals surface area contributed by atoms with E-state index >= 15 is 0 Å². The van der Waals surface area contributed by atoms with Gasteiger partial charge in [0.1, 0.15) is 6.61 Å². The predicted octanol–water partition coefficient (Wildman–Crippen LogP) is 0.517. The summed E-state index contributed by atoms with van der Waals surface area (Å²) in [5.41, 5.74) is 0. The molecule has 1 rings (SSSR count). The Labute approximate surface area is 78.2 Å². The molecule has 1 unspecified atom stereocenters. The summed E-state index contributed by atoms with van der Waals surface area (Å²) in [6.45, 7) is 1.31. The lowest BCUT2D eigenvalue weighted by Crippen LogP contribution is -2.32. The van der Waals surface area contributed by atoms with E-state index in [4.69, 9.17) is 4.74 Å². The van der Waals surface area contributed by atoms with Crippen LogP contribution in [0.4, 0.5) is 0 Å². The first kappa shape index (κ1) is 10.5. The van der Waals surface area contributed by atoms with Crippen molar-refractivity contribution >= 4 is 15.8 Å². The zero-order valence-electron chi connectivity index (χ0n) is 7.65. The molecule has 5 heteroatoms. The van der Waals surface area contributed by atoms with Crippen LogP contribution in [0, 0.1) is 0 Å². The van der Waals surface area contributed by atoms with E-state index < -0.39 is 21.1 Å². The van der Waals surface area contributed by atoms with Crippen LogP contribution in [0.25, 0.3) is 0 Å². The molecule has 0 aromatic rings. The van der Waals surface area contributed by atoms with E-state index in [-0.39, 0.29) is 12.4 Å². The molecule has 1 aliphatic heterocycles. The molecule has 0 aromatic carbocycles. The second-order valence-corrected chi connectivity index (χ2v) is 5.69. The van der Waals surface area contributed by atoms with Gasteiger partial charge in [-0.3, -0.25) is 4.79 Å². The number of carbonyl (C=O) groups excluding carboxylic acids is 1. The first-order valence-electron chi connectivity index (χ1n) is 4.37. The zero-order valence-corrected chi connectivity index (χ0v) is 8.47. The molecular weight excluding hydrogens is 192 g/mol. The SMILES string of the molecule is CC(=O)OCC1CCCCS1(=O)=O. The second kappa shape index (κ2) is 4.09. The Morgan fingerprint density at radius 1 is 1.46 bits per heavy atom. The van der Waals surface area contributed by atoms with E-state index in [0.717, 1.165) is 12.8 Å². The number of sulfone groups is 1. The lowest BCUT2D eigenvalue weighted by Gasteiger charge is -2.21. The van der Waals surface area contributed by atoms with Gasteiger partial charge in [-0.15, -0.1) is 0 Å². The smallest absolute Gasteiger partial charge is 0.302 e. The van der Waals surface area contributed by atoms with Crippen LogP contribution in [0.2, 0.25) is 0 Å². The molecular formula is C8H14O4S. The van der Waals surface area contributed by atoms with Crippen molar-refractivity contribution in [3.63, 3.8) is 0 Å². The minimum Gasteiger partial charge on any atom is -0.464 e. The lowest BCUT2D eigenvalue weighted by atomic mass is 10.2. The molecule has 0 amide bonds. The van der Waals surface area contributed by atoms with E-state index in [1.165, 1.54) is 6.92 Å². The maximum absolute atomic E-state index is 11.4. The molecule has 1 heterocycles. The van der Waals surface area contributed by atoms with Gasteiger partial charge in [-0.1, -0.05) is 6.42 Å². The number of rotatable bonds is 2. The van der Waals surface area contributed by atoms with Crippen LogP contribution in [0.3, 0.4) is 0 Å². The van der Waals surface area contributed by atoms with Gasteiger partial charge in [-0.05, 0) is 12.8 Å². The minimum atomic E-state index is -3.00. The van der Waals surface area contributed by atoms with Crippen LogP contribution in [-0.4, -0.2) is 32.0 Å². The van der Waals surface area contributed by atoms with Gasteiger partial charge in [0.25, 0.3) is 0 Å². The van der Waals surface area contributed by atoms with Gasteiger partial charge in [-0.25, -0.2) is 8.42 Å². The molecule has 4 nitrogen and oxygen atoms in total. The molecule has 1 fully saturated rings. The third-order valence-electron chi connectivity index (χ3n) is 2.19. The quantitative estimate of drug-likeness (QED) is 0.618. The molecule has 1 saturated heterocycles. The molecule has 0 spiro atoms. The fourth-order valence-corrected chi connectivity index (χ4v) is 3.16. The first-order chi connectivity index (χ1) is 6.02. The Morgan fingerprint density at radius 3 is 2.69 bits per heavy atom. The average molecular weight is 206 g/mol. The fraction of sp³-hybridized carbons (Fsp3) is 0.875. The van der Waals surface area contributed by atoms with Crippen LogP contribution in [0.1, 0.15) is 26.2 Å². The molecule has 0 radical (unpaired) electrons. The normalized spacial score (nSPS) is 26.7. The third-order valence-corrected chi connectivity index (χ3v) is 4.43. The van der Waals surface area contributed by atoms with Crippen LogP contribution in [0.15, 0.2) is 0 Å².